The molecule has 0 saturated carbocycles. The molecule has 1 amide bonds. The van der Waals surface area contributed by atoms with Crippen LogP contribution in [0.4, 0.5) is 0 Å². The van der Waals surface area contributed by atoms with Crippen LogP contribution in [0.25, 0.3) is 11.0 Å². The molecule has 1 N–H and O–H groups in total. The molecule has 0 spiro atoms. The summed E-state index contributed by atoms with van der Waals surface area (Å²) in [7, 11) is 0. The standard InChI is InChI=1S/C23H16N2O3/c26-19-15-21(28-20-14-8-7-13-18(19)20)23(27)25-24-22(16-9-3-1-4-10-16)17-11-5-2-6-12-17/h1-15H,(H,25,27). The number of fused-ring (bicyclic) bond motifs is 1. The van der Waals surface area contributed by atoms with Crippen LogP contribution in [-0.2, 0) is 0 Å². The molecule has 0 radical (unpaired) electrons. The van der Waals surface area contributed by atoms with E-state index >= 15 is 0 Å². The summed E-state index contributed by atoms with van der Waals surface area (Å²) in [6.07, 6.45) is 0. The lowest BCUT2D eigenvalue weighted by Crippen LogP contribution is -2.22. The molecule has 0 fully saturated rings. The Kier molecular flexibility index (Phi) is 4.80. The third-order valence-electron chi connectivity index (χ3n) is 4.22. The Hall–Kier alpha value is -3.99. The molecule has 1 aromatic heterocycles. The number of carbonyl (C=O) groups excluding carboxylic acids is 1. The van der Waals surface area contributed by atoms with Crippen LogP contribution in [0.5, 0.6) is 0 Å². The lowest BCUT2D eigenvalue weighted by molar-refractivity contribution is 0.0928. The summed E-state index contributed by atoms with van der Waals surface area (Å²) in [6.45, 7) is 0. The number of carbonyl (C=O) groups is 1. The van der Waals surface area contributed by atoms with Crippen LogP contribution in [0.1, 0.15) is 21.7 Å². The number of hydrazone groups is 1. The minimum absolute atomic E-state index is 0.0899. The molecule has 5 nitrogen and oxygen atoms in total. The van der Waals surface area contributed by atoms with E-state index in [0.29, 0.717) is 16.7 Å². The Labute approximate surface area is 161 Å². The molecule has 0 aliphatic heterocycles. The second-order valence-corrected chi connectivity index (χ2v) is 6.10. The highest BCUT2D eigenvalue weighted by Crippen LogP contribution is 2.13. The molecule has 0 atom stereocenters. The summed E-state index contributed by atoms with van der Waals surface area (Å²) < 4.78 is 5.57. The van der Waals surface area contributed by atoms with Gasteiger partial charge in [-0.05, 0) is 12.1 Å². The van der Waals surface area contributed by atoms with E-state index in [-0.39, 0.29) is 11.2 Å². The van der Waals surface area contributed by atoms with E-state index in [2.05, 4.69) is 10.5 Å². The van der Waals surface area contributed by atoms with Gasteiger partial charge in [-0.25, -0.2) is 5.43 Å². The maximum Gasteiger partial charge on any atom is 0.307 e. The van der Waals surface area contributed by atoms with Gasteiger partial charge in [0.25, 0.3) is 0 Å². The summed E-state index contributed by atoms with van der Waals surface area (Å²) in [5, 5.41) is 4.73. The van der Waals surface area contributed by atoms with Crippen molar-refractivity contribution in [1.82, 2.24) is 5.43 Å². The smallest absolute Gasteiger partial charge is 0.307 e. The Balaban J connectivity index is 1.69. The summed E-state index contributed by atoms with van der Waals surface area (Å²) in [5.74, 6) is -0.680. The van der Waals surface area contributed by atoms with Crippen LogP contribution in [0, 0.1) is 0 Å². The van der Waals surface area contributed by atoms with Crippen molar-refractivity contribution >= 4 is 22.6 Å². The zero-order valence-corrected chi connectivity index (χ0v) is 14.8. The van der Waals surface area contributed by atoms with Crippen molar-refractivity contribution < 1.29 is 9.21 Å². The van der Waals surface area contributed by atoms with Crippen LogP contribution in [0.15, 0.2) is 105 Å². The highest BCUT2D eigenvalue weighted by molar-refractivity contribution is 6.13. The molecule has 0 aliphatic rings. The Morgan fingerprint density at radius 3 is 2.00 bits per heavy atom. The number of hydrogen-bond acceptors (Lipinski definition) is 4. The van der Waals surface area contributed by atoms with Crippen molar-refractivity contribution in [2.24, 2.45) is 5.10 Å². The first-order valence-electron chi connectivity index (χ1n) is 8.74. The molecule has 0 bridgehead atoms. The highest BCUT2D eigenvalue weighted by Gasteiger charge is 2.13. The van der Waals surface area contributed by atoms with E-state index in [0.717, 1.165) is 11.1 Å². The third kappa shape index (κ3) is 3.59. The number of benzene rings is 3. The van der Waals surface area contributed by atoms with E-state index in [1.54, 1.807) is 24.3 Å². The molecule has 3 aromatic carbocycles. The summed E-state index contributed by atoms with van der Waals surface area (Å²) in [6, 6.07) is 27.0. The zero-order chi connectivity index (χ0) is 19.3. The van der Waals surface area contributed by atoms with Gasteiger partial charge in [-0.15, -0.1) is 0 Å². The van der Waals surface area contributed by atoms with Gasteiger partial charge in [0.15, 0.2) is 11.2 Å². The van der Waals surface area contributed by atoms with Crippen molar-refractivity contribution in [3.63, 3.8) is 0 Å². The number of rotatable bonds is 4. The molecule has 4 aromatic rings. The summed E-state index contributed by atoms with van der Waals surface area (Å²) in [5.41, 5.74) is 4.91. The fourth-order valence-electron chi connectivity index (χ4n) is 2.87. The molecular formula is C23H16N2O3. The molecular weight excluding hydrogens is 352 g/mol. The average Bonchev–Trinajstić information content (AvgIpc) is 2.75. The molecule has 4 rings (SSSR count). The van der Waals surface area contributed by atoms with Gasteiger partial charge >= 0.3 is 5.91 Å². The van der Waals surface area contributed by atoms with Gasteiger partial charge in [-0.3, -0.25) is 9.59 Å². The second kappa shape index (κ2) is 7.72. The van der Waals surface area contributed by atoms with Gasteiger partial charge in [-0.1, -0.05) is 72.8 Å². The minimum Gasteiger partial charge on any atom is -0.451 e. The predicted octanol–water partition coefficient (Wildman–Crippen LogP) is 3.98. The molecule has 0 aliphatic carbocycles. The molecule has 0 saturated heterocycles. The maximum absolute atomic E-state index is 12.6. The van der Waals surface area contributed by atoms with Crippen molar-refractivity contribution in [2.75, 3.05) is 0 Å². The first kappa shape index (κ1) is 17.4. The van der Waals surface area contributed by atoms with Gasteiger partial charge in [0.2, 0.25) is 0 Å². The lowest BCUT2D eigenvalue weighted by atomic mass is 10.0. The van der Waals surface area contributed by atoms with Crippen molar-refractivity contribution in [1.29, 1.82) is 0 Å². The fourth-order valence-corrected chi connectivity index (χ4v) is 2.87. The third-order valence-corrected chi connectivity index (χ3v) is 4.22. The molecule has 1 heterocycles. The van der Waals surface area contributed by atoms with E-state index in [9.17, 15) is 9.59 Å². The monoisotopic (exact) mass is 368 g/mol. The van der Waals surface area contributed by atoms with Gasteiger partial charge in [0, 0.05) is 17.2 Å². The number of para-hydroxylation sites is 1. The van der Waals surface area contributed by atoms with Crippen LogP contribution in [0.3, 0.4) is 0 Å². The average molecular weight is 368 g/mol. The normalized spacial score (nSPS) is 10.4. The van der Waals surface area contributed by atoms with Crippen LogP contribution < -0.4 is 10.9 Å². The summed E-state index contributed by atoms with van der Waals surface area (Å²) >= 11 is 0. The predicted molar refractivity (Wildman–Crippen MR) is 108 cm³/mol. The van der Waals surface area contributed by atoms with Crippen LogP contribution >= 0.6 is 0 Å². The number of nitrogens with one attached hydrogen (secondary N) is 1. The Bertz CT molecular complexity index is 1170. The minimum atomic E-state index is -0.591. The van der Waals surface area contributed by atoms with Crippen LogP contribution in [0.2, 0.25) is 0 Å². The Morgan fingerprint density at radius 2 is 1.36 bits per heavy atom. The Morgan fingerprint density at radius 1 is 0.786 bits per heavy atom. The zero-order valence-electron chi connectivity index (χ0n) is 14.8. The first-order valence-corrected chi connectivity index (χ1v) is 8.74. The lowest BCUT2D eigenvalue weighted by Gasteiger charge is -2.08. The van der Waals surface area contributed by atoms with Gasteiger partial charge in [-0.2, -0.15) is 5.10 Å². The quantitative estimate of drug-likeness (QED) is 0.437. The first-order chi connectivity index (χ1) is 13.7. The molecule has 28 heavy (non-hydrogen) atoms. The van der Waals surface area contributed by atoms with Gasteiger partial charge in [0.05, 0.1) is 11.1 Å². The van der Waals surface area contributed by atoms with Gasteiger partial charge in [0.1, 0.15) is 5.58 Å². The van der Waals surface area contributed by atoms with Crippen molar-refractivity contribution in [3.05, 3.63) is 118 Å². The van der Waals surface area contributed by atoms with E-state index in [1.165, 1.54) is 6.07 Å². The second-order valence-electron chi connectivity index (χ2n) is 6.10. The number of hydrogen-bond donors (Lipinski definition) is 1. The van der Waals surface area contributed by atoms with E-state index in [4.69, 9.17) is 4.42 Å². The molecule has 0 unspecified atom stereocenters. The fraction of sp³-hybridized carbons (Fsp3) is 0. The van der Waals surface area contributed by atoms with E-state index in [1.807, 2.05) is 60.7 Å². The highest BCUT2D eigenvalue weighted by atomic mass is 16.3. The topological polar surface area (TPSA) is 71.7 Å². The number of amides is 1. The van der Waals surface area contributed by atoms with Crippen molar-refractivity contribution in [3.8, 4) is 0 Å². The molecule has 5 heteroatoms. The van der Waals surface area contributed by atoms with Crippen molar-refractivity contribution in [2.45, 2.75) is 0 Å². The van der Waals surface area contributed by atoms with Gasteiger partial charge < -0.3 is 4.42 Å². The maximum atomic E-state index is 12.6. The SMILES string of the molecule is O=C(NN=C(c1ccccc1)c1ccccc1)c1cc(=O)c2ccccc2o1. The largest absolute Gasteiger partial charge is 0.451 e. The molecule has 136 valence electrons. The summed E-state index contributed by atoms with van der Waals surface area (Å²) in [4.78, 5) is 24.8. The number of nitrogens with zero attached hydrogens (tertiary/aromatic N) is 1. The van der Waals surface area contributed by atoms with E-state index < -0.39 is 5.91 Å². The van der Waals surface area contributed by atoms with Crippen LogP contribution in [-0.4, -0.2) is 11.6 Å².